The summed E-state index contributed by atoms with van der Waals surface area (Å²) < 4.78 is 11.7. The summed E-state index contributed by atoms with van der Waals surface area (Å²) in [5.41, 5.74) is 7.18. The van der Waals surface area contributed by atoms with E-state index in [4.69, 9.17) is 5.73 Å². The van der Waals surface area contributed by atoms with Gasteiger partial charge in [-0.25, -0.2) is 4.79 Å². The summed E-state index contributed by atoms with van der Waals surface area (Å²) in [7, 11) is 0. The lowest BCUT2D eigenvalue weighted by atomic mass is 10.1. The number of rotatable bonds is 3. The molecule has 3 N–H and O–H groups in total. The SMILES string of the molecule is Nc1ccc(CCNC(=O)F)cc1. The normalized spacial score (nSPS) is 9.62. The van der Waals surface area contributed by atoms with Crippen LogP contribution in [0.1, 0.15) is 5.56 Å². The summed E-state index contributed by atoms with van der Waals surface area (Å²) in [6.45, 7) is 0.305. The van der Waals surface area contributed by atoms with Crippen molar-refractivity contribution < 1.29 is 9.18 Å². The predicted octanol–water partition coefficient (Wildman–Crippen LogP) is 1.49. The maximum absolute atomic E-state index is 11.7. The number of nitrogen functional groups attached to an aromatic ring is 1. The van der Waals surface area contributed by atoms with E-state index in [-0.39, 0.29) is 0 Å². The molecule has 13 heavy (non-hydrogen) atoms. The molecule has 0 aliphatic rings. The lowest BCUT2D eigenvalue weighted by Gasteiger charge is -2.01. The fourth-order valence-electron chi connectivity index (χ4n) is 0.989. The van der Waals surface area contributed by atoms with Crippen LogP contribution in [-0.2, 0) is 6.42 Å². The minimum atomic E-state index is -1.49. The van der Waals surface area contributed by atoms with E-state index in [0.717, 1.165) is 5.56 Å². The maximum atomic E-state index is 11.7. The first-order valence-corrected chi connectivity index (χ1v) is 3.96. The van der Waals surface area contributed by atoms with Crippen LogP contribution < -0.4 is 11.1 Å². The Bertz CT molecular complexity index is 284. The second kappa shape index (κ2) is 4.45. The average Bonchev–Trinajstić information content (AvgIpc) is 2.08. The average molecular weight is 182 g/mol. The molecule has 0 aliphatic heterocycles. The van der Waals surface area contributed by atoms with Crippen molar-refractivity contribution in [2.24, 2.45) is 0 Å². The quantitative estimate of drug-likeness (QED) is 0.422. The van der Waals surface area contributed by atoms with Gasteiger partial charge < -0.3 is 11.1 Å². The summed E-state index contributed by atoms with van der Waals surface area (Å²) >= 11 is 0. The minimum absolute atomic E-state index is 0.305. The van der Waals surface area contributed by atoms with Gasteiger partial charge in [0.25, 0.3) is 0 Å². The second-order valence-electron chi connectivity index (χ2n) is 2.69. The van der Waals surface area contributed by atoms with E-state index in [1.54, 1.807) is 12.1 Å². The third kappa shape index (κ3) is 3.55. The highest BCUT2D eigenvalue weighted by atomic mass is 19.1. The van der Waals surface area contributed by atoms with Gasteiger partial charge in [0.05, 0.1) is 0 Å². The van der Waals surface area contributed by atoms with Crippen LogP contribution in [0, 0.1) is 0 Å². The van der Waals surface area contributed by atoms with Crippen molar-refractivity contribution in [1.82, 2.24) is 5.32 Å². The van der Waals surface area contributed by atoms with E-state index in [0.29, 0.717) is 18.7 Å². The van der Waals surface area contributed by atoms with Crippen LogP contribution in [0.5, 0.6) is 0 Å². The van der Waals surface area contributed by atoms with Crippen LogP contribution in [0.2, 0.25) is 0 Å². The Balaban J connectivity index is 2.37. The molecule has 0 spiro atoms. The molecular formula is C9H11FN2O. The van der Waals surface area contributed by atoms with Gasteiger partial charge in [0.1, 0.15) is 0 Å². The molecule has 0 unspecified atom stereocenters. The molecule has 3 nitrogen and oxygen atoms in total. The highest BCUT2D eigenvalue weighted by Crippen LogP contribution is 2.05. The van der Waals surface area contributed by atoms with Crippen LogP contribution in [0.25, 0.3) is 0 Å². The van der Waals surface area contributed by atoms with E-state index >= 15 is 0 Å². The fourth-order valence-corrected chi connectivity index (χ4v) is 0.989. The van der Waals surface area contributed by atoms with Crippen molar-refractivity contribution in [3.63, 3.8) is 0 Å². The number of halogens is 1. The number of anilines is 1. The Kier molecular flexibility index (Phi) is 3.25. The Morgan fingerprint density at radius 2 is 2.00 bits per heavy atom. The van der Waals surface area contributed by atoms with Gasteiger partial charge in [0.15, 0.2) is 0 Å². The lowest BCUT2D eigenvalue weighted by Crippen LogP contribution is -2.20. The first-order chi connectivity index (χ1) is 6.18. The van der Waals surface area contributed by atoms with E-state index < -0.39 is 6.16 Å². The molecule has 0 heterocycles. The van der Waals surface area contributed by atoms with Gasteiger partial charge in [-0.2, -0.15) is 0 Å². The Hall–Kier alpha value is -1.58. The van der Waals surface area contributed by atoms with E-state index in [1.807, 2.05) is 12.1 Å². The molecule has 4 heteroatoms. The zero-order valence-corrected chi connectivity index (χ0v) is 7.09. The molecule has 0 saturated carbocycles. The van der Waals surface area contributed by atoms with Gasteiger partial charge in [-0.1, -0.05) is 12.1 Å². The van der Waals surface area contributed by atoms with Crippen molar-refractivity contribution in [2.45, 2.75) is 6.42 Å². The largest absolute Gasteiger partial charge is 0.399 e. The van der Waals surface area contributed by atoms with Crippen molar-refractivity contribution >= 4 is 11.8 Å². The van der Waals surface area contributed by atoms with Crippen molar-refractivity contribution in [2.75, 3.05) is 12.3 Å². The Morgan fingerprint density at radius 3 is 2.54 bits per heavy atom. The van der Waals surface area contributed by atoms with E-state index in [9.17, 15) is 9.18 Å². The predicted molar refractivity (Wildman–Crippen MR) is 49.1 cm³/mol. The summed E-state index contributed by atoms with van der Waals surface area (Å²) in [5.74, 6) is 0. The molecule has 0 aliphatic carbocycles. The van der Waals surface area contributed by atoms with Gasteiger partial charge in [0, 0.05) is 12.2 Å². The van der Waals surface area contributed by atoms with Crippen LogP contribution in [0.4, 0.5) is 14.9 Å². The maximum Gasteiger partial charge on any atom is 0.397 e. The molecule has 1 aromatic carbocycles. The number of benzene rings is 1. The number of carbonyl (C=O) groups excluding carboxylic acids is 1. The summed E-state index contributed by atoms with van der Waals surface area (Å²) in [6, 6.07) is 7.23. The second-order valence-corrected chi connectivity index (χ2v) is 2.69. The minimum Gasteiger partial charge on any atom is -0.399 e. The van der Waals surface area contributed by atoms with E-state index in [2.05, 4.69) is 5.32 Å². The van der Waals surface area contributed by atoms with Crippen molar-refractivity contribution in [3.8, 4) is 0 Å². The zero-order valence-electron chi connectivity index (χ0n) is 7.09. The molecule has 0 saturated heterocycles. The summed E-state index contributed by atoms with van der Waals surface area (Å²) in [6.07, 6.45) is -0.883. The fraction of sp³-hybridized carbons (Fsp3) is 0.222. The standard InChI is InChI=1S/C9H11FN2O/c10-9(13)12-6-5-7-1-3-8(11)4-2-7/h1-4H,5-6,11H2,(H,12,13). The van der Waals surface area contributed by atoms with Crippen LogP contribution in [0.15, 0.2) is 24.3 Å². The monoisotopic (exact) mass is 182 g/mol. The third-order valence-corrected chi connectivity index (χ3v) is 1.66. The molecule has 0 radical (unpaired) electrons. The number of hydrogen-bond donors (Lipinski definition) is 2. The zero-order chi connectivity index (χ0) is 9.68. The molecule has 1 amide bonds. The molecule has 0 bridgehead atoms. The Labute approximate surface area is 75.7 Å². The molecule has 0 atom stereocenters. The topological polar surface area (TPSA) is 55.1 Å². The molecule has 70 valence electrons. The molecule has 1 aromatic rings. The van der Waals surface area contributed by atoms with Gasteiger partial charge in [-0.15, -0.1) is 4.39 Å². The molecule has 0 fully saturated rings. The van der Waals surface area contributed by atoms with E-state index in [1.165, 1.54) is 0 Å². The van der Waals surface area contributed by atoms with Crippen molar-refractivity contribution in [3.05, 3.63) is 29.8 Å². The number of nitrogens with two attached hydrogens (primary N) is 1. The van der Waals surface area contributed by atoms with Crippen LogP contribution in [0.3, 0.4) is 0 Å². The molecular weight excluding hydrogens is 171 g/mol. The first-order valence-electron chi connectivity index (χ1n) is 3.96. The number of nitrogens with one attached hydrogen (secondary N) is 1. The highest BCUT2D eigenvalue weighted by molar-refractivity contribution is 5.65. The number of carbonyl (C=O) groups is 1. The third-order valence-electron chi connectivity index (χ3n) is 1.66. The number of hydrogen-bond acceptors (Lipinski definition) is 2. The van der Waals surface area contributed by atoms with Crippen LogP contribution >= 0.6 is 0 Å². The number of amides is 1. The Morgan fingerprint density at radius 1 is 1.38 bits per heavy atom. The highest BCUT2D eigenvalue weighted by Gasteiger charge is 1.96. The molecule has 0 aromatic heterocycles. The van der Waals surface area contributed by atoms with Gasteiger partial charge in [-0.05, 0) is 24.1 Å². The van der Waals surface area contributed by atoms with Gasteiger partial charge >= 0.3 is 6.16 Å². The first kappa shape index (κ1) is 9.51. The van der Waals surface area contributed by atoms with Crippen LogP contribution in [-0.4, -0.2) is 12.7 Å². The van der Waals surface area contributed by atoms with Gasteiger partial charge in [-0.3, -0.25) is 0 Å². The smallest absolute Gasteiger partial charge is 0.397 e. The summed E-state index contributed by atoms with van der Waals surface area (Å²) in [4.78, 5) is 9.89. The lowest BCUT2D eigenvalue weighted by molar-refractivity contribution is 0.221. The molecule has 1 rings (SSSR count). The van der Waals surface area contributed by atoms with Crippen molar-refractivity contribution in [1.29, 1.82) is 0 Å². The van der Waals surface area contributed by atoms with Gasteiger partial charge in [0.2, 0.25) is 0 Å². The summed E-state index contributed by atoms with van der Waals surface area (Å²) in [5, 5.41) is 2.07.